The zero-order valence-corrected chi connectivity index (χ0v) is 15.4. The average Bonchev–Trinajstić information content (AvgIpc) is 3.25. The Kier molecular flexibility index (Phi) is 6.25. The van der Waals surface area contributed by atoms with Crippen molar-refractivity contribution in [3.63, 3.8) is 0 Å². The Labute approximate surface area is 148 Å². The van der Waals surface area contributed by atoms with Crippen LogP contribution in [0.15, 0.2) is 5.38 Å². The van der Waals surface area contributed by atoms with E-state index in [4.69, 9.17) is 10.5 Å². The molecule has 2 aliphatic rings. The monoisotopic (exact) mass is 351 g/mol. The summed E-state index contributed by atoms with van der Waals surface area (Å²) < 4.78 is 5.80. The molecule has 1 amide bonds. The zero-order valence-electron chi connectivity index (χ0n) is 14.6. The summed E-state index contributed by atoms with van der Waals surface area (Å²) in [5.74, 6) is 0.848. The van der Waals surface area contributed by atoms with E-state index < -0.39 is 0 Å². The molecule has 24 heavy (non-hydrogen) atoms. The molecule has 1 aromatic rings. The van der Waals surface area contributed by atoms with E-state index >= 15 is 0 Å². The Morgan fingerprint density at radius 3 is 2.83 bits per heavy atom. The minimum Gasteiger partial charge on any atom is -0.376 e. The largest absolute Gasteiger partial charge is 0.376 e. The molecule has 1 aliphatic heterocycles. The van der Waals surface area contributed by atoms with Crippen LogP contribution in [0.4, 0.5) is 0 Å². The van der Waals surface area contributed by atoms with Gasteiger partial charge in [-0.15, -0.1) is 11.3 Å². The molecule has 0 aromatic carbocycles. The van der Waals surface area contributed by atoms with E-state index in [-0.39, 0.29) is 12.0 Å². The maximum absolute atomic E-state index is 13.1. The third kappa shape index (κ3) is 4.35. The first kappa shape index (κ1) is 17.8. The van der Waals surface area contributed by atoms with Gasteiger partial charge in [0.1, 0.15) is 5.69 Å². The number of amides is 1. The Morgan fingerprint density at radius 1 is 1.38 bits per heavy atom. The number of nitrogens with zero attached hydrogens (tertiary/aromatic N) is 2. The molecule has 0 spiro atoms. The first-order valence-corrected chi connectivity index (χ1v) is 10.1. The van der Waals surface area contributed by atoms with Crippen molar-refractivity contribution in [2.45, 2.75) is 64.0 Å². The summed E-state index contributed by atoms with van der Waals surface area (Å²) >= 11 is 1.54. The summed E-state index contributed by atoms with van der Waals surface area (Å²) in [6.07, 6.45) is 7.69. The lowest BCUT2D eigenvalue weighted by Crippen LogP contribution is -2.46. The molecular weight excluding hydrogens is 322 g/mol. The van der Waals surface area contributed by atoms with Gasteiger partial charge in [-0.1, -0.05) is 6.92 Å². The molecule has 2 heterocycles. The highest BCUT2D eigenvalue weighted by Crippen LogP contribution is 2.29. The molecule has 1 atom stereocenters. The lowest BCUT2D eigenvalue weighted by Gasteiger charge is -2.37. The standard InChI is InChI=1S/C18H29N3O2S/c1-13-4-6-14(7-5-13)21(11-15-3-2-10-23-15)18(22)16-12-24-17(20-16)8-9-19/h12-15H,2-11,19H2,1H3. The van der Waals surface area contributed by atoms with Crippen LogP contribution in [-0.2, 0) is 11.2 Å². The van der Waals surface area contributed by atoms with Crippen LogP contribution in [0.25, 0.3) is 0 Å². The average molecular weight is 352 g/mol. The van der Waals surface area contributed by atoms with Crippen LogP contribution in [0.2, 0.25) is 0 Å². The molecule has 3 rings (SSSR count). The number of nitrogens with two attached hydrogens (primary N) is 1. The third-order valence-corrected chi connectivity index (χ3v) is 6.15. The Bertz CT molecular complexity index is 534. The van der Waals surface area contributed by atoms with Gasteiger partial charge in [-0.2, -0.15) is 0 Å². The molecule has 1 saturated carbocycles. The van der Waals surface area contributed by atoms with Crippen molar-refractivity contribution in [3.8, 4) is 0 Å². The highest BCUT2D eigenvalue weighted by molar-refractivity contribution is 7.09. The van der Waals surface area contributed by atoms with Crippen molar-refractivity contribution in [1.82, 2.24) is 9.88 Å². The first-order chi connectivity index (χ1) is 11.7. The summed E-state index contributed by atoms with van der Waals surface area (Å²) in [5, 5.41) is 2.84. The van der Waals surface area contributed by atoms with E-state index in [0.29, 0.717) is 24.8 Å². The van der Waals surface area contributed by atoms with Crippen LogP contribution in [0.1, 0.15) is 60.9 Å². The van der Waals surface area contributed by atoms with Crippen molar-refractivity contribution >= 4 is 17.2 Å². The van der Waals surface area contributed by atoms with Crippen molar-refractivity contribution < 1.29 is 9.53 Å². The summed E-state index contributed by atoms with van der Waals surface area (Å²) in [7, 11) is 0. The highest BCUT2D eigenvalue weighted by atomic mass is 32.1. The van der Waals surface area contributed by atoms with E-state index in [0.717, 1.165) is 49.6 Å². The number of hydrogen-bond acceptors (Lipinski definition) is 5. The molecule has 2 fully saturated rings. The van der Waals surface area contributed by atoms with Gasteiger partial charge >= 0.3 is 0 Å². The fraction of sp³-hybridized carbons (Fsp3) is 0.778. The van der Waals surface area contributed by atoms with Crippen molar-refractivity contribution in [3.05, 3.63) is 16.1 Å². The van der Waals surface area contributed by atoms with E-state index in [1.165, 1.54) is 24.2 Å². The number of ether oxygens (including phenoxy) is 1. The van der Waals surface area contributed by atoms with Gasteiger partial charge in [-0.05, 0) is 51.0 Å². The molecule has 0 bridgehead atoms. The van der Waals surface area contributed by atoms with Crippen molar-refractivity contribution in [2.24, 2.45) is 11.7 Å². The minimum absolute atomic E-state index is 0.0737. The second kappa shape index (κ2) is 8.41. The van der Waals surface area contributed by atoms with Gasteiger partial charge in [0.2, 0.25) is 0 Å². The first-order valence-electron chi connectivity index (χ1n) is 9.24. The molecule has 2 N–H and O–H groups in total. The molecule has 0 radical (unpaired) electrons. The predicted octanol–water partition coefficient (Wildman–Crippen LogP) is 2.84. The van der Waals surface area contributed by atoms with Crippen LogP contribution in [-0.4, -0.2) is 47.6 Å². The predicted molar refractivity (Wildman–Crippen MR) is 96.3 cm³/mol. The normalized spacial score (nSPS) is 27.3. The molecule has 6 heteroatoms. The van der Waals surface area contributed by atoms with Crippen molar-refractivity contribution in [1.29, 1.82) is 0 Å². The third-order valence-electron chi connectivity index (χ3n) is 5.24. The van der Waals surface area contributed by atoms with Crippen LogP contribution < -0.4 is 5.73 Å². The molecule has 1 unspecified atom stereocenters. The molecular formula is C18H29N3O2S. The van der Waals surface area contributed by atoms with Crippen LogP contribution >= 0.6 is 11.3 Å². The van der Waals surface area contributed by atoms with Crippen molar-refractivity contribution in [2.75, 3.05) is 19.7 Å². The maximum Gasteiger partial charge on any atom is 0.273 e. The van der Waals surface area contributed by atoms with E-state index in [2.05, 4.69) is 16.8 Å². The summed E-state index contributed by atoms with van der Waals surface area (Å²) in [6.45, 7) is 4.41. The van der Waals surface area contributed by atoms with E-state index in [9.17, 15) is 4.79 Å². The molecule has 1 aromatic heterocycles. The van der Waals surface area contributed by atoms with Gasteiger partial charge in [0, 0.05) is 31.0 Å². The summed E-state index contributed by atoms with van der Waals surface area (Å²) in [5.41, 5.74) is 6.18. The number of carbonyl (C=O) groups excluding carboxylic acids is 1. The van der Waals surface area contributed by atoms with Gasteiger partial charge in [-0.25, -0.2) is 4.98 Å². The summed E-state index contributed by atoms with van der Waals surface area (Å²) in [4.78, 5) is 19.7. The van der Waals surface area contributed by atoms with Gasteiger partial charge in [0.15, 0.2) is 0 Å². The Hall–Kier alpha value is -0.980. The highest BCUT2D eigenvalue weighted by Gasteiger charge is 2.32. The Balaban J connectivity index is 1.72. The van der Waals surface area contributed by atoms with Gasteiger partial charge in [0.25, 0.3) is 5.91 Å². The minimum atomic E-state index is 0.0737. The van der Waals surface area contributed by atoms with Gasteiger partial charge in [0.05, 0.1) is 11.1 Å². The van der Waals surface area contributed by atoms with Gasteiger partial charge in [-0.3, -0.25) is 4.79 Å². The number of hydrogen-bond donors (Lipinski definition) is 1. The maximum atomic E-state index is 13.1. The number of carbonyl (C=O) groups is 1. The number of rotatable bonds is 6. The van der Waals surface area contributed by atoms with E-state index in [1.54, 1.807) is 0 Å². The smallest absolute Gasteiger partial charge is 0.273 e. The number of aromatic nitrogens is 1. The van der Waals surface area contributed by atoms with E-state index in [1.807, 2.05) is 5.38 Å². The summed E-state index contributed by atoms with van der Waals surface area (Å²) in [6, 6.07) is 0.331. The van der Waals surface area contributed by atoms with Crippen LogP contribution in [0.3, 0.4) is 0 Å². The Morgan fingerprint density at radius 2 is 2.17 bits per heavy atom. The SMILES string of the molecule is CC1CCC(N(CC2CCCO2)C(=O)c2csc(CCN)n2)CC1. The molecule has 134 valence electrons. The second-order valence-corrected chi connectivity index (χ2v) is 8.11. The molecule has 1 saturated heterocycles. The van der Waals surface area contributed by atoms with Gasteiger partial charge < -0.3 is 15.4 Å². The molecule has 5 nitrogen and oxygen atoms in total. The van der Waals surface area contributed by atoms with Crippen LogP contribution in [0, 0.1) is 5.92 Å². The topological polar surface area (TPSA) is 68.5 Å². The fourth-order valence-corrected chi connectivity index (χ4v) is 4.54. The lowest BCUT2D eigenvalue weighted by molar-refractivity contribution is 0.0338. The zero-order chi connectivity index (χ0) is 16.9. The fourth-order valence-electron chi connectivity index (χ4n) is 3.75. The van der Waals surface area contributed by atoms with Crippen LogP contribution in [0.5, 0.6) is 0 Å². The quantitative estimate of drug-likeness (QED) is 0.856. The number of thiazole rings is 1. The second-order valence-electron chi connectivity index (χ2n) is 7.17. The molecule has 1 aliphatic carbocycles. The lowest BCUT2D eigenvalue weighted by atomic mass is 9.86.